The predicted molar refractivity (Wildman–Crippen MR) is 130 cm³/mol. The summed E-state index contributed by atoms with van der Waals surface area (Å²) in [7, 11) is 0. The van der Waals surface area contributed by atoms with Gasteiger partial charge in [0.1, 0.15) is 11.5 Å². The van der Waals surface area contributed by atoms with Crippen molar-refractivity contribution in [3.05, 3.63) is 95.7 Å². The highest BCUT2D eigenvalue weighted by molar-refractivity contribution is 5.96. The lowest BCUT2D eigenvalue weighted by molar-refractivity contribution is -0.191. The number of fused-ring (bicyclic) bond motifs is 1. The molecule has 5 rings (SSSR count). The zero-order chi connectivity index (χ0) is 27.6. The van der Waals surface area contributed by atoms with Gasteiger partial charge in [-0.05, 0) is 41.8 Å². The SMILES string of the molecule is O=C(Nc1cc(C#Cc2cnc3cccnn23)ccc1F)N1N=C(OC(=O)C(F)(F)F)CC1c1ccccc1. The number of rotatable bonds is 2. The Morgan fingerprint density at radius 2 is 1.85 bits per heavy atom. The summed E-state index contributed by atoms with van der Waals surface area (Å²) in [5.41, 5.74) is 1.69. The lowest BCUT2D eigenvalue weighted by atomic mass is 10.0. The maximum Gasteiger partial charge on any atom is 0.491 e. The van der Waals surface area contributed by atoms with Gasteiger partial charge in [0.25, 0.3) is 0 Å². The topological polar surface area (TPSA) is 101 Å². The van der Waals surface area contributed by atoms with Gasteiger partial charge in [-0.25, -0.2) is 28.5 Å². The van der Waals surface area contributed by atoms with Gasteiger partial charge in [0, 0.05) is 11.8 Å². The lowest BCUT2D eigenvalue weighted by Crippen LogP contribution is -2.31. The monoisotopic (exact) mass is 536 g/mol. The Morgan fingerprint density at radius 3 is 2.62 bits per heavy atom. The summed E-state index contributed by atoms with van der Waals surface area (Å²) >= 11 is 0. The molecule has 4 aromatic rings. The minimum Gasteiger partial charge on any atom is -0.403 e. The van der Waals surface area contributed by atoms with Crippen molar-refractivity contribution in [3.8, 4) is 11.8 Å². The number of ether oxygens (including phenoxy) is 1. The van der Waals surface area contributed by atoms with E-state index in [9.17, 15) is 27.2 Å². The first-order chi connectivity index (χ1) is 18.7. The Hall–Kier alpha value is -5.25. The van der Waals surface area contributed by atoms with Crippen LogP contribution >= 0.6 is 0 Å². The first-order valence-electron chi connectivity index (χ1n) is 11.3. The van der Waals surface area contributed by atoms with E-state index in [2.05, 4.69) is 37.1 Å². The van der Waals surface area contributed by atoms with E-state index in [4.69, 9.17) is 0 Å². The number of benzene rings is 2. The van der Waals surface area contributed by atoms with Crippen molar-refractivity contribution in [2.45, 2.75) is 18.6 Å². The van der Waals surface area contributed by atoms with E-state index < -0.39 is 35.9 Å². The van der Waals surface area contributed by atoms with Gasteiger partial charge in [-0.1, -0.05) is 36.3 Å². The summed E-state index contributed by atoms with van der Waals surface area (Å²) in [4.78, 5) is 28.6. The highest BCUT2D eigenvalue weighted by Crippen LogP contribution is 2.32. The van der Waals surface area contributed by atoms with Crippen molar-refractivity contribution in [3.63, 3.8) is 0 Å². The third kappa shape index (κ3) is 5.54. The standard InChI is InChI=1S/C26H16F4N6O3/c27-19-11-9-16(8-10-18-15-31-22-7-4-12-32-35(18)22)13-20(19)33-25(38)36-21(17-5-2-1-3-6-17)14-23(34-36)39-24(37)26(28,29)30/h1-7,9,11-13,15,21H,14H2,(H,33,38). The van der Waals surface area contributed by atoms with E-state index in [-0.39, 0.29) is 12.1 Å². The van der Waals surface area contributed by atoms with Crippen LogP contribution in [0.1, 0.15) is 29.3 Å². The van der Waals surface area contributed by atoms with Crippen LogP contribution in [-0.2, 0) is 9.53 Å². The third-order valence-electron chi connectivity index (χ3n) is 5.54. The number of esters is 1. The van der Waals surface area contributed by atoms with Crippen LogP contribution in [0.3, 0.4) is 0 Å². The summed E-state index contributed by atoms with van der Waals surface area (Å²) < 4.78 is 58.6. The summed E-state index contributed by atoms with van der Waals surface area (Å²) in [6.45, 7) is 0. The number of carbonyl (C=O) groups is 2. The van der Waals surface area contributed by atoms with Gasteiger partial charge in [-0.3, -0.25) is 0 Å². The number of nitrogens with zero attached hydrogens (tertiary/aromatic N) is 5. The summed E-state index contributed by atoms with van der Waals surface area (Å²) in [6, 6.07) is 13.7. The highest BCUT2D eigenvalue weighted by atomic mass is 19.4. The number of halogens is 4. The summed E-state index contributed by atoms with van der Waals surface area (Å²) in [5.74, 6) is 1.88. The molecule has 1 aliphatic heterocycles. The van der Waals surface area contributed by atoms with Crippen LogP contribution < -0.4 is 5.32 Å². The maximum absolute atomic E-state index is 14.6. The maximum atomic E-state index is 14.6. The first-order valence-corrected chi connectivity index (χ1v) is 11.3. The molecule has 0 saturated heterocycles. The number of anilines is 1. The van der Waals surface area contributed by atoms with E-state index in [0.29, 0.717) is 22.5 Å². The third-order valence-corrected chi connectivity index (χ3v) is 5.54. The largest absolute Gasteiger partial charge is 0.491 e. The number of hydrogen-bond acceptors (Lipinski definition) is 6. The average molecular weight is 536 g/mol. The molecule has 2 aromatic carbocycles. The molecule has 0 aliphatic carbocycles. The zero-order valence-electron chi connectivity index (χ0n) is 19.7. The Labute approximate surface area is 217 Å². The predicted octanol–water partition coefficient (Wildman–Crippen LogP) is 4.67. The molecule has 0 spiro atoms. The molecule has 2 amide bonds. The number of amides is 2. The molecule has 0 radical (unpaired) electrons. The van der Waals surface area contributed by atoms with Crippen molar-refractivity contribution < 1.29 is 31.9 Å². The average Bonchev–Trinajstić information content (AvgIpc) is 3.53. The minimum atomic E-state index is -5.25. The molecular formula is C26H16F4N6O3. The van der Waals surface area contributed by atoms with Crippen molar-refractivity contribution in [2.24, 2.45) is 5.10 Å². The Balaban J connectivity index is 1.39. The molecular weight excluding hydrogens is 520 g/mol. The van der Waals surface area contributed by atoms with Crippen LogP contribution in [0, 0.1) is 17.7 Å². The number of hydrogen-bond donors (Lipinski definition) is 1. The molecule has 196 valence electrons. The molecule has 1 unspecified atom stereocenters. The van der Waals surface area contributed by atoms with Gasteiger partial charge >= 0.3 is 18.2 Å². The summed E-state index contributed by atoms with van der Waals surface area (Å²) in [5, 5.41) is 11.1. The summed E-state index contributed by atoms with van der Waals surface area (Å²) in [6.07, 6.45) is -2.45. The van der Waals surface area contributed by atoms with E-state index in [0.717, 1.165) is 11.1 Å². The number of urea groups is 1. The van der Waals surface area contributed by atoms with E-state index in [1.165, 1.54) is 22.8 Å². The normalized spacial score (nSPS) is 14.9. The zero-order valence-corrected chi connectivity index (χ0v) is 19.7. The molecule has 0 saturated carbocycles. The Kier molecular flexibility index (Phi) is 6.68. The van der Waals surface area contributed by atoms with Gasteiger partial charge in [-0.15, -0.1) is 5.10 Å². The van der Waals surface area contributed by atoms with E-state index in [1.54, 1.807) is 48.7 Å². The van der Waals surface area contributed by atoms with Crippen LogP contribution in [0.15, 0.2) is 78.2 Å². The van der Waals surface area contributed by atoms with Crippen molar-refractivity contribution in [1.29, 1.82) is 0 Å². The minimum absolute atomic E-state index is 0.245. The number of carbonyl (C=O) groups excluding carboxylic acids is 2. The fourth-order valence-electron chi connectivity index (χ4n) is 3.75. The van der Waals surface area contributed by atoms with Crippen LogP contribution in [0.25, 0.3) is 5.65 Å². The van der Waals surface area contributed by atoms with Gasteiger partial charge in [0.2, 0.25) is 5.90 Å². The Bertz CT molecular complexity index is 1660. The second kappa shape index (κ2) is 10.3. The molecule has 39 heavy (non-hydrogen) atoms. The van der Waals surface area contributed by atoms with Gasteiger partial charge in [0.15, 0.2) is 5.65 Å². The lowest BCUT2D eigenvalue weighted by Gasteiger charge is -2.22. The van der Waals surface area contributed by atoms with Crippen LogP contribution in [0.4, 0.5) is 28.0 Å². The fourth-order valence-corrected chi connectivity index (χ4v) is 3.75. The number of aromatic nitrogens is 3. The van der Waals surface area contributed by atoms with E-state index >= 15 is 0 Å². The molecule has 3 heterocycles. The number of nitrogens with one attached hydrogen (secondary N) is 1. The molecule has 1 atom stereocenters. The second-order valence-corrected chi connectivity index (χ2v) is 8.17. The molecule has 0 fully saturated rings. The van der Waals surface area contributed by atoms with Crippen molar-refractivity contribution in [1.82, 2.24) is 19.6 Å². The molecule has 9 nitrogen and oxygen atoms in total. The van der Waals surface area contributed by atoms with Crippen LogP contribution in [0.5, 0.6) is 0 Å². The van der Waals surface area contributed by atoms with Gasteiger partial charge < -0.3 is 10.1 Å². The molecule has 1 aliphatic rings. The fraction of sp³-hybridized carbons (Fsp3) is 0.115. The van der Waals surface area contributed by atoms with Crippen molar-refractivity contribution in [2.75, 3.05) is 5.32 Å². The molecule has 2 aromatic heterocycles. The van der Waals surface area contributed by atoms with Crippen molar-refractivity contribution >= 4 is 29.2 Å². The first kappa shape index (κ1) is 25.4. The molecule has 0 bridgehead atoms. The number of hydrazone groups is 1. The number of alkyl halides is 3. The Morgan fingerprint density at radius 1 is 1.05 bits per heavy atom. The van der Waals surface area contributed by atoms with Gasteiger partial charge in [0.05, 0.1) is 24.3 Å². The van der Waals surface area contributed by atoms with E-state index in [1.807, 2.05) is 0 Å². The highest BCUT2D eigenvalue weighted by Gasteiger charge is 2.44. The second-order valence-electron chi connectivity index (χ2n) is 8.17. The molecule has 1 N–H and O–H groups in total. The van der Waals surface area contributed by atoms with Crippen LogP contribution in [0.2, 0.25) is 0 Å². The smallest absolute Gasteiger partial charge is 0.403 e. The quantitative estimate of drug-likeness (QED) is 0.228. The number of imidazole rings is 1. The van der Waals surface area contributed by atoms with Crippen LogP contribution in [-0.4, -0.2) is 43.7 Å². The van der Waals surface area contributed by atoms with Gasteiger partial charge in [-0.2, -0.15) is 18.3 Å². The molecule has 13 heteroatoms.